The molecule has 0 bridgehead atoms. The van der Waals surface area contributed by atoms with E-state index in [1.54, 1.807) is 0 Å². The van der Waals surface area contributed by atoms with Crippen molar-refractivity contribution in [1.29, 1.82) is 0 Å². The molecule has 100 heavy (non-hydrogen) atoms. The zero-order chi connectivity index (χ0) is 0. The van der Waals surface area contributed by atoms with Gasteiger partial charge in [0.25, 0.3) is 0 Å². The van der Waals surface area contributed by atoms with Gasteiger partial charge in [-0.25, -0.2) is 0 Å². The molecule has 0 aromatic heterocycles. The van der Waals surface area contributed by atoms with Crippen LogP contribution in [0.15, 0.2) is 0 Å². The molecule has 0 aliphatic carbocycles. The second kappa shape index (κ2) is 1180. The molecule has 0 unspecified atom stereocenters. The molecule has 0 rings (SSSR count). The number of rotatable bonds is 0. The van der Waals surface area contributed by atoms with E-state index in [4.69, 9.17) is 0 Å². The number of hydrogen-bond acceptors (Lipinski definition) is 0. The molecule has 0 atom stereocenters. The average molecular weight is 6420 g/mol. The molecule has 776 valence electrons. The molecule has 0 amide bonds. The Morgan fingerprint density at radius 2 is 0.0200 bits per heavy atom. The van der Waals surface area contributed by atoms with E-state index in [2.05, 4.69) is 0 Å². The fourth-order valence-electron chi connectivity index (χ4n) is 0. The first-order valence-electron chi connectivity index (χ1n) is 0. The second-order valence-electron chi connectivity index (χ2n) is 0. The molecule has 100 heteroatoms. The van der Waals surface area contributed by atoms with Crippen LogP contribution >= 0.6 is 0 Å². The molecule has 0 fully saturated rings. The summed E-state index contributed by atoms with van der Waals surface area (Å²) in [5, 5.41) is 0. The molecule has 0 aromatic rings. The first-order chi connectivity index (χ1) is 0. The van der Waals surface area contributed by atoms with Gasteiger partial charge in [0.05, 0.1) is 0 Å². The van der Waals surface area contributed by atoms with Gasteiger partial charge in [0, 0.05) is 1790 Å². The quantitative estimate of drug-likeness (QED) is 0.295. The van der Waals surface area contributed by atoms with Crippen LogP contribution in [-0.4, -0.2) is 0 Å². The van der Waals surface area contributed by atoms with Crippen molar-refractivity contribution in [3.8, 4) is 0 Å². The first-order valence-corrected chi connectivity index (χ1v) is 0. The van der Waals surface area contributed by atoms with Gasteiger partial charge < -0.3 is 0 Å². The Morgan fingerprint density at radius 1 is 0.0200 bits per heavy atom. The summed E-state index contributed by atoms with van der Waals surface area (Å²) >= 11 is 0. The molecule has 0 nitrogen and oxygen atoms in total. The van der Waals surface area contributed by atoms with Crippen LogP contribution < -0.4 is 0 Å². The Hall–Kier alpha value is 55.7. The Balaban J connectivity index is 0. The van der Waals surface area contributed by atoms with Crippen molar-refractivity contribution < 1.29 is 1790 Å². The zero-order valence-corrected chi connectivity index (χ0v) is 212. The van der Waals surface area contributed by atoms with Crippen molar-refractivity contribution >= 4 is 0 Å². The molecule has 0 saturated carbocycles. The second-order valence-corrected chi connectivity index (χ2v) is 0. The summed E-state index contributed by atoms with van der Waals surface area (Å²) in [6, 6.07) is 0. The minimum Gasteiger partial charge on any atom is 0 e. The van der Waals surface area contributed by atoms with E-state index in [0.29, 0.717) is 0 Å². The van der Waals surface area contributed by atoms with Gasteiger partial charge in [0.1, 0.15) is 0 Å². The molecule has 64 radical (unpaired) electrons. The Bertz CT molecular complexity index is 94.3. The third kappa shape index (κ3) is 1160. The van der Waals surface area contributed by atoms with Crippen molar-refractivity contribution in [3.05, 3.63) is 0 Å². The molecule has 0 aliphatic rings. The molecule has 0 spiro atoms. The Kier molecular flexibility index (Phi) is 14200. The van der Waals surface area contributed by atoms with Gasteiger partial charge in [-0.3, -0.25) is 0 Å². The topological polar surface area (TPSA) is 0 Å². The molecular formula is Cu64Zn36. The van der Waals surface area contributed by atoms with Crippen LogP contribution in [0.1, 0.15) is 0 Å². The molecule has 0 aromatic carbocycles. The van der Waals surface area contributed by atoms with Gasteiger partial charge in [-0.05, 0) is 0 Å². The molecule has 0 aliphatic heterocycles. The van der Waals surface area contributed by atoms with Gasteiger partial charge in [-0.2, -0.15) is 0 Å². The molecule has 0 N–H and O–H groups in total. The molecule has 0 saturated heterocycles. The van der Waals surface area contributed by atoms with Crippen LogP contribution in [-0.2, 0) is 1790 Å². The van der Waals surface area contributed by atoms with Crippen molar-refractivity contribution in [2.45, 2.75) is 0 Å². The fourth-order valence-corrected chi connectivity index (χ4v) is 0. The van der Waals surface area contributed by atoms with Crippen LogP contribution in [0, 0.1) is 0 Å². The van der Waals surface area contributed by atoms with Crippen molar-refractivity contribution in [3.63, 3.8) is 0 Å². The summed E-state index contributed by atoms with van der Waals surface area (Å²) < 4.78 is 0. The van der Waals surface area contributed by atoms with E-state index >= 15 is 0 Å². The summed E-state index contributed by atoms with van der Waals surface area (Å²) in [6.45, 7) is 0. The van der Waals surface area contributed by atoms with E-state index in [9.17, 15) is 0 Å². The Labute approximate surface area is 1740 Å². The fraction of sp³-hybridized carbons (Fsp3) is 0. The van der Waals surface area contributed by atoms with Crippen molar-refractivity contribution in [2.75, 3.05) is 0 Å². The minimum absolute atomic E-state index is 0. The van der Waals surface area contributed by atoms with Crippen LogP contribution in [0.4, 0.5) is 0 Å². The van der Waals surface area contributed by atoms with E-state index in [1.807, 2.05) is 0 Å². The standard InChI is InChI=1S/64Cu.36Zn. The summed E-state index contributed by atoms with van der Waals surface area (Å²) in [5.74, 6) is 0. The summed E-state index contributed by atoms with van der Waals surface area (Å²) in [6.07, 6.45) is 0. The van der Waals surface area contributed by atoms with Gasteiger partial charge in [-0.1, -0.05) is 0 Å². The summed E-state index contributed by atoms with van der Waals surface area (Å²) in [7, 11) is 0. The number of hydrogen-bond donors (Lipinski definition) is 0. The normalized spacial score (nSPS) is 0. The van der Waals surface area contributed by atoms with Crippen LogP contribution in [0.2, 0.25) is 0 Å². The monoisotopic (exact) mass is 6330 g/mol. The largest absolute Gasteiger partial charge is 0 e. The van der Waals surface area contributed by atoms with E-state index in [0.717, 1.165) is 0 Å². The maximum atomic E-state index is 0. The summed E-state index contributed by atoms with van der Waals surface area (Å²) in [4.78, 5) is 0. The van der Waals surface area contributed by atoms with Gasteiger partial charge in [0.2, 0.25) is 0 Å². The van der Waals surface area contributed by atoms with E-state index < -0.39 is 0 Å². The maximum absolute atomic E-state index is 0. The first kappa shape index (κ1) is 1200. The van der Waals surface area contributed by atoms with Gasteiger partial charge >= 0.3 is 0 Å². The Morgan fingerprint density at radius 3 is 0.0200 bits per heavy atom. The van der Waals surface area contributed by atoms with Gasteiger partial charge in [-0.15, -0.1) is 0 Å². The predicted molar refractivity (Wildman–Crippen MR) is 0 cm³/mol. The third-order valence-electron chi connectivity index (χ3n) is 0. The maximum Gasteiger partial charge on any atom is 0 e. The third-order valence-corrected chi connectivity index (χ3v) is 0. The molecule has 0 heterocycles. The summed E-state index contributed by atoms with van der Waals surface area (Å²) in [5.41, 5.74) is 0. The minimum atomic E-state index is 0. The average Bonchev–Trinajstić information content (AvgIpc) is 0. The van der Waals surface area contributed by atoms with Gasteiger partial charge in [0.15, 0.2) is 0 Å². The van der Waals surface area contributed by atoms with E-state index in [1.165, 1.54) is 0 Å². The smallest absolute Gasteiger partial charge is 0 e. The van der Waals surface area contributed by atoms with Crippen LogP contribution in [0.25, 0.3) is 0 Å². The van der Waals surface area contributed by atoms with Crippen molar-refractivity contribution in [1.82, 2.24) is 0 Å². The van der Waals surface area contributed by atoms with Crippen LogP contribution in [0.3, 0.4) is 0 Å². The molecular weight excluding hydrogens is 6420 g/mol. The zero-order valence-electron chi connectivity index (χ0n) is 44.8. The SMILES string of the molecule is [Cu].[Cu].[Cu].[Cu].[Cu].[Cu].[Cu].[Cu].[Cu].[Cu].[Cu].[Cu].[Cu].[Cu].[Cu].[Cu].[Cu].[Cu].[Cu].[Cu].[Cu].[Cu].[Cu].[Cu].[Cu].[Cu].[Cu].[Cu].[Cu].[Cu].[Cu].[Cu].[Cu].[Cu].[Cu].[Cu].[Cu].[Cu].[Cu].[Cu].[Cu].[Cu].[Cu].[Cu].[Cu].[Cu].[Cu].[Cu].[Cu].[Cu].[Cu].[Cu].[Cu].[Cu].[Cu].[Cu].[Cu].[Cu].[Cu].[Cu].[Cu].[Cu].[Cu].[Cu].[Zn].[Zn].[Zn].[Zn].[Zn].[Zn].[Zn].[Zn].[Zn].[Zn].[Zn].[Zn].[Zn].[Zn].[Zn].[Zn].[Zn].[Zn].[Zn].[Zn].[Zn].[Zn].[Zn].[Zn].[Zn].[Zn].[Zn].[Zn].[Zn].[Zn].[Zn].[Zn].[Zn].[Zn].[Zn].[Zn]. The van der Waals surface area contributed by atoms with Crippen molar-refractivity contribution in [2.24, 2.45) is 0 Å². The van der Waals surface area contributed by atoms with Crippen LogP contribution in [0.5, 0.6) is 0 Å². The predicted octanol–water partition coefficient (Wildman–Crippen LogP) is -0.250. The van der Waals surface area contributed by atoms with E-state index in [-0.39, 0.29) is 1790 Å².